The van der Waals surface area contributed by atoms with Gasteiger partial charge in [-0.1, -0.05) is 0 Å². The van der Waals surface area contributed by atoms with Crippen LogP contribution in [-0.4, -0.2) is 65.2 Å². The second-order valence-electron chi connectivity index (χ2n) is 0. The molecule has 0 N–H and O–H groups in total. The molecule has 4 heavy (non-hydrogen) atoms. The van der Waals surface area contributed by atoms with Crippen LogP contribution in [0, 0.1) is 0 Å². The first-order valence-corrected chi connectivity index (χ1v) is 0. The first kappa shape index (κ1) is 30.4. The number of hydrogen-bond donors (Lipinski definition) is 0. The molecule has 0 aliphatic heterocycles. The topological polar surface area (TPSA) is 0 Å². The van der Waals surface area contributed by atoms with Crippen LogP contribution in [0.25, 0.3) is 0 Å². The average molecular weight is 386 g/mol. The maximum atomic E-state index is 0. The van der Waals surface area contributed by atoms with Gasteiger partial charge in [0.05, 0.1) is 0 Å². The van der Waals surface area contributed by atoms with E-state index in [1.54, 1.807) is 0 Å². The predicted octanol–water partition coefficient (Wildman–Crippen LogP) is -3.29. The molecule has 0 heterocycles. The van der Waals surface area contributed by atoms with Crippen LogP contribution in [-0.2, 0) is 16.5 Å². The third-order valence-corrected chi connectivity index (χ3v) is 0. The second kappa shape index (κ2) is 17.5. The fourth-order valence-corrected chi connectivity index (χ4v) is 0. The van der Waals surface area contributed by atoms with Crippen LogP contribution in [0.1, 0.15) is 0 Å². The van der Waals surface area contributed by atoms with Crippen LogP contribution >= 0.6 is 0 Å². The van der Waals surface area contributed by atoms with Gasteiger partial charge < -0.3 is 0 Å². The summed E-state index contributed by atoms with van der Waals surface area (Å²) in [5, 5.41) is 0. The Labute approximate surface area is 80.4 Å². The molecule has 0 bridgehead atoms. The van der Waals surface area contributed by atoms with Crippen molar-refractivity contribution in [1.29, 1.82) is 0 Å². The molecule has 0 rings (SSSR count). The zero-order valence-electron chi connectivity index (χ0n) is 0.724. The molecule has 0 unspecified atom stereocenters. The zero-order valence-corrected chi connectivity index (χ0v) is 4.04. The monoisotopic (exact) mass is 390 g/mol. The van der Waals surface area contributed by atoms with Crippen molar-refractivity contribution >= 4 is 65.2 Å². The molecule has 0 fully saturated rings. The van der Waals surface area contributed by atoms with Gasteiger partial charge in [-0.15, -0.1) is 0 Å². The molecule has 0 aromatic carbocycles. The Bertz CT molecular complexity index is 8.00. The van der Waals surface area contributed by atoms with Crippen molar-refractivity contribution in [2.24, 2.45) is 0 Å². The molecule has 0 aliphatic rings. The Hall–Kier alpha value is 2.62. The molecular weight excluding hydrogens is 378 g/mol. The van der Waals surface area contributed by atoms with Gasteiger partial charge in [-0.3, -0.25) is 0 Å². The molecule has 0 saturated heterocycles. The van der Waals surface area contributed by atoms with Gasteiger partial charge in [0, 0.05) is 40.2 Å². The molecule has 0 aliphatic carbocycles. The van der Waals surface area contributed by atoms with Crippen LogP contribution in [0.15, 0.2) is 0 Å². The quantitative estimate of drug-likeness (QED) is 0.384. The van der Waals surface area contributed by atoms with Crippen molar-refractivity contribution in [3.05, 3.63) is 0 Å². The molecule has 0 aromatic heterocycles. The van der Waals surface area contributed by atoms with E-state index in [0.717, 1.165) is 0 Å². The predicted molar refractivity (Wildman–Crippen MR) is 28.4 cm³/mol. The summed E-state index contributed by atoms with van der Waals surface area (Å²) in [6.07, 6.45) is 0. The van der Waals surface area contributed by atoms with E-state index >= 15 is 0 Å². The maximum absolute atomic E-state index is 0. The SMILES string of the molecule is [GeH4].[Ni].[SnH4].[Te]. The normalized spacial score (nSPS) is 0. The Kier molecular flexibility index (Phi) is 133. The van der Waals surface area contributed by atoms with Gasteiger partial charge in [0.2, 0.25) is 0 Å². The third-order valence-electron chi connectivity index (χ3n) is 0. The zero-order chi connectivity index (χ0) is 0. The molecule has 0 aromatic rings. The van der Waals surface area contributed by atoms with Crippen molar-refractivity contribution in [3.63, 3.8) is 0 Å². The van der Waals surface area contributed by atoms with Gasteiger partial charge in [0.25, 0.3) is 0 Å². The van der Waals surface area contributed by atoms with E-state index in [9.17, 15) is 0 Å². The van der Waals surface area contributed by atoms with Gasteiger partial charge in [-0.25, -0.2) is 0 Å². The Morgan fingerprint density at radius 1 is 1.00 bits per heavy atom. The van der Waals surface area contributed by atoms with E-state index in [0.29, 0.717) is 0 Å². The minimum absolute atomic E-state index is 0. The van der Waals surface area contributed by atoms with Gasteiger partial charge in [0.15, 0.2) is 0 Å². The Balaban J connectivity index is 0. The summed E-state index contributed by atoms with van der Waals surface area (Å²) in [7, 11) is 0. The summed E-state index contributed by atoms with van der Waals surface area (Å²) in [6, 6.07) is 0. The fourth-order valence-electron chi connectivity index (χ4n) is 0. The van der Waals surface area contributed by atoms with E-state index < -0.39 is 0 Å². The van der Waals surface area contributed by atoms with Gasteiger partial charge in [-0.2, -0.15) is 0 Å². The molecule has 0 atom stereocenters. The van der Waals surface area contributed by atoms with Crippen molar-refractivity contribution in [1.82, 2.24) is 0 Å². The number of rotatable bonds is 0. The maximum Gasteiger partial charge on any atom is 0 e. The average Bonchev–Trinajstić information content (AvgIpc) is 0. The van der Waals surface area contributed by atoms with Gasteiger partial charge in [0.1, 0.15) is 0 Å². The molecule has 0 nitrogen and oxygen atoms in total. The molecule has 0 spiro atoms. The summed E-state index contributed by atoms with van der Waals surface area (Å²) in [6.45, 7) is 0. The Morgan fingerprint density at radius 3 is 1.00 bits per heavy atom. The molecule has 0 amide bonds. The minimum atomic E-state index is 0. The van der Waals surface area contributed by atoms with Crippen molar-refractivity contribution < 1.29 is 16.5 Å². The first-order chi connectivity index (χ1) is 0. The molecule has 2 radical (unpaired) electrons. The van der Waals surface area contributed by atoms with Crippen molar-refractivity contribution in [3.8, 4) is 0 Å². The number of hydrogen-bond acceptors (Lipinski definition) is 0. The summed E-state index contributed by atoms with van der Waals surface area (Å²) in [5.74, 6) is 0. The summed E-state index contributed by atoms with van der Waals surface area (Å²) in [5.41, 5.74) is 0. The second-order valence-corrected chi connectivity index (χ2v) is 0. The van der Waals surface area contributed by atoms with Crippen molar-refractivity contribution in [2.45, 2.75) is 0 Å². The smallest absolute Gasteiger partial charge is 0 e. The van der Waals surface area contributed by atoms with E-state index in [4.69, 9.17) is 0 Å². The van der Waals surface area contributed by atoms with E-state index in [2.05, 4.69) is 0 Å². The van der Waals surface area contributed by atoms with E-state index in [1.165, 1.54) is 0 Å². The summed E-state index contributed by atoms with van der Waals surface area (Å²) >= 11 is 0. The van der Waals surface area contributed by atoms with E-state index in [-0.39, 0.29) is 81.7 Å². The first-order valence-electron chi connectivity index (χ1n) is 0. The molecule has 0 saturated carbocycles. The molecular formula is H8GeNiSnTe. The van der Waals surface area contributed by atoms with E-state index in [1.807, 2.05) is 0 Å². The fraction of sp³-hybridized carbons (Fsp3) is 0. The summed E-state index contributed by atoms with van der Waals surface area (Å²) in [4.78, 5) is 0. The van der Waals surface area contributed by atoms with Crippen LogP contribution in [0.2, 0.25) is 0 Å². The molecule has 32 valence electrons. The van der Waals surface area contributed by atoms with Crippen LogP contribution in [0.3, 0.4) is 0 Å². The van der Waals surface area contributed by atoms with Gasteiger partial charge in [-0.05, 0) is 0 Å². The van der Waals surface area contributed by atoms with Crippen molar-refractivity contribution in [2.75, 3.05) is 0 Å². The van der Waals surface area contributed by atoms with Gasteiger partial charge >= 0.3 is 41.5 Å². The Morgan fingerprint density at radius 2 is 1.00 bits per heavy atom. The minimum Gasteiger partial charge on any atom is 0 e. The molecule has 4 heteroatoms. The summed E-state index contributed by atoms with van der Waals surface area (Å²) < 4.78 is 0. The van der Waals surface area contributed by atoms with Crippen LogP contribution in [0.5, 0.6) is 0 Å². The largest absolute Gasteiger partial charge is 0 e. The standard InChI is InChI=1S/GeH4.Ni.Sn.Te.4H/h1H4;;;;;;;. The van der Waals surface area contributed by atoms with Crippen LogP contribution in [0.4, 0.5) is 0 Å². The third kappa shape index (κ3) is 8.82. The van der Waals surface area contributed by atoms with Crippen LogP contribution < -0.4 is 0 Å².